The summed E-state index contributed by atoms with van der Waals surface area (Å²) in [5.41, 5.74) is 2.19. The van der Waals surface area contributed by atoms with Gasteiger partial charge >= 0.3 is 0 Å². The molecule has 1 N–H and O–H groups in total. The lowest BCUT2D eigenvalue weighted by Gasteiger charge is -2.17. The van der Waals surface area contributed by atoms with Crippen LogP contribution in [0, 0.1) is 0 Å². The summed E-state index contributed by atoms with van der Waals surface area (Å²) in [5.74, 6) is 0. The maximum absolute atomic E-state index is 4.18. The second kappa shape index (κ2) is 5.75. The molecule has 1 atom stereocenters. The fraction of sp³-hybridized carbons (Fsp3) is 0.250. The van der Waals surface area contributed by atoms with E-state index in [0.29, 0.717) is 0 Å². The van der Waals surface area contributed by atoms with Crippen molar-refractivity contribution in [2.75, 3.05) is 5.32 Å². The minimum Gasteiger partial charge on any atom is -0.377 e. The number of aryl methyl sites for hydroxylation is 1. The Morgan fingerprint density at radius 1 is 1.22 bits per heavy atom. The van der Waals surface area contributed by atoms with Crippen molar-refractivity contribution in [3.63, 3.8) is 0 Å². The van der Waals surface area contributed by atoms with E-state index in [1.54, 1.807) is 4.68 Å². The van der Waals surface area contributed by atoms with Crippen LogP contribution in [0.3, 0.4) is 0 Å². The molecule has 3 nitrogen and oxygen atoms in total. The Bertz CT molecular complexity index is 542. The highest BCUT2D eigenvalue weighted by atomic mass is 79.9. The summed E-state index contributed by atoms with van der Waals surface area (Å²) >= 11 is 10.6. The van der Waals surface area contributed by atoms with Crippen LogP contribution in [0.2, 0.25) is 0 Å². The molecule has 1 unspecified atom stereocenters. The molecule has 0 saturated carbocycles. The van der Waals surface area contributed by atoms with E-state index in [1.807, 2.05) is 31.6 Å². The van der Waals surface area contributed by atoms with Crippen LogP contribution in [0.15, 0.2) is 37.9 Å². The van der Waals surface area contributed by atoms with Crippen LogP contribution >= 0.6 is 47.8 Å². The Morgan fingerprint density at radius 3 is 2.33 bits per heavy atom. The fourth-order valence-corrected chi connectivity index (χ4v) is 4.13. The molecular formula is C12H12Br3N3. The molecule has 1 aromatic heterocycles. The molecule has 96 valence electrons. The number of hydrogen-bond donors (Lipinski definition) is 1. The minimum atomic E-state index is 0.187. The largest absolute Gasteiger partial charge is 0.377 e. The van der Waals surface area contributed by atoms with Gasteiger partial charge < -0.3 is 5.32 Å². The number of nitrogens with one attached hydrogen (secondary N) is 1. The first-order valence-corrected chi connectivity index (χ1v) is 7.75. The molecule has 1 heterocycles. The zero-order chi connectivity index (χ0) is 13.3. The van der Waals surface area contributed by atoms with Crippen molar-refractivity contribution in [2.45, 2.75) is 13.0 Å². The van der Waals surface area contributed by atoms with Gasteiger partial charge in [-0.15, -0.1) is 0 Å². The molecule has 0 fully saturated rings. The van der Waals surface area contributed by atoms with Gasteiger partial charge in [0.15, 0.2) is 0 Å². The third-order valence-corrected chi connectivity index (χ3v) is 4.30. The molecule has 0 aliphatic heterocycles. The van der Waals surface area contributed by atoms with Gasteiger partial charge in [-0.05, 0) is 50.9 Å². The van der Waals surface area contributed by atoms with Crippen LogP contribution in [-0.2, 0) is 7.05 Å². The van der Waals surface area contributed by atoms with Crippen molar-refractivity contribution in [2.24, 2.45) is 7.05 Å². The van der Waals surface area contributed by atoms with Crippen molar-refractivity contribution >= 4 is 53.5 Å². The van der Waals surface area contributed by atoms with Crippen LogP contribution in [0.1, 0.15) is 18.5 Å². The second-order valence-corrected chi connectivity index (χ2v) is 6.68. The predicted molar refractivity (Wildman–Crippen MR) is 84.8 cm³/mol. The van der Waals surface area contributed by atoms with Gasteiger partial charge in [0, 0.05) is 32.2 Å². The second-order valence-electron chi connectivity index (χ2n) is 4.06. The first-order chi connectivity index (χ1) is 8.47. The number of rotatable bonds is 3. The SMILES string of the molecule is CC(Nc1c(Br)cc(Br)cc1Br)c1cnn(C)c1. The van der Waals surface area contributed by atoms with Crippen LogP contribution < -0.4 is 5.32 Å². The van der Waals surface area contributed by atoms with Gasteiger partial charge in [-0.2, -0.15) is 5.10 Å². The molecule has 0 spiro atoms. The number of halogens is 3. The molecule has 0 aliphatic rings. The van der Waals surface area contributed by atoms with E-state index < -0.39 is 0 Å². The molecule has 0 bridgehead atoms. The molecule has 2 aromatic rings. The van der Waals surface area contributed by atoms with Crippen molar-refractivity contribution in [3.05, 3.63) is 43.5 Å². The summed E-state index contributed by atoms with van der Waals surface area (Å²) in [4.78, 5) is 0. The molecule has 2 rings (SSSR count). The first kappa shape index (κ1) is 14.1. The smallest absolute Gasteiger partial charge is 0.0634 e. The van der Waals surface area contributed by atoms with E-state index in [9.17, 15) is 0 Å². The normalized spacial score (nSPS) is 12.5. The molecule has 6 heteroatoms. The predicted octanol–water partition coefficient (Wildman–Crippen LogP) is 4.88. The van der Waals surface area contributed by atoms with E-state index >= 15 is 0 Å². The molecule has 0 amide bonds. The molecule has 0 aliphatic carbocycles. The summed E-state index contributed by atoms with van der Waals surface area (Å²) in [6.07, 6.45) is 3.89. The van der Waals surface area contributed by atoms with Gasteiger partial charge in [-0.3, -0.25) is 4.68 Å². The quantitative estimate of drug-likeness (QED) is 0.741. The van der Waals surface area contributed by atoms with Crippen molar-refractivity contribution in [3.8, 4) is 0 Å². The van der Waals surface area contributed by atoms with Gasteiger partial charge in [0.2, 0.25) is 0 Å². The lowest BCUT2D eigenvalue weighted by Crippen LogP contribution is -2.07. The van der Waals surface area contributed by atoms with Gasteiger partial charge in [0.25, 0.3) is 0 Å². The zero-order valence-electron chi connectivity index (χ0n) is 9.92. The number of nitrogens with zero attached hydrogens (tertiary/aromatic N) is 2. The average molecular weight is 438 g/mol. The van der Waals surface area contributed by atoms with E-state index in [0.717, 1.165) is 24.7 Å². The van der Waals surface area contributed by atoms with Crippen molar-refractivity contribution in [1.82, 2.24) is 9.78 Å². The fourth-order valence-electron chi connectivity index (χ4n) is 1.64. The number of anilines is 1. The number of benzene rings is 1. The van der Waals surface area contributed by atoms with Crippen LogP contribution in [-0.4, -0.2) is 9.78 Å². The van der Waals surface area contributed by atoms with E-state index in [4.69, 9.17) is 0 Å². The maximum Gasteiger partial charge on any atom is 0.0634 e. The minimum absolute atomic E-state index is 0.187. The standard InChI is InChI=1S/C12H12Br3N3/c1-7(8-5-16-18(2)6-8)17-12-10(14)3-9(13)4-11(12)15/h3-7,17H,1-2H3. The van der Waals surface area contributed by atoms with E-state index in [1.165, 1.54) is 0 Å². The molecular weight excluding hydrogens is 426 g/mol. The summed E-state index contributed by atoms with van der Waals surface area (Å²) in [7, 11) is 1.92. The lowest BCUT2D eigenvalue weighted by molar-refractivity contribution is 0.765. The Balaban J connectivity index is 2.24. The number of aromatic nitrogens is 2. The molecule has 18 heavy (non-hydrogen) atoms. The van der Waals surface area contributed by atoms with Gasteiger partial charge in [-0.25, -0.2) is 0 Å². The van der Waals surface area contributed by atoms with Crippen LogP contribution in [0.4, 0.5) is 5.69 Å². The Morgan fingerprint density at radius 2 is 1.83 bits per heavy atom. The van der Waals surface area contributed by atoms with Crippen LogP contribution in [0.5, 0.6) is 0 Å². The Kier molecular flexibility index (Phi) is 4.50. The highest BCUT2D eigenvalue weighted by Crippen LogP contribution is 2.36. The van der Waals surface area contributed by atoms with Crippen LogP contribution in [0.25, 0.3) is 0 Å². The summed E-state index contributed by atoms with van der Waals surface area (Å²) < 4.78 is 4.86. The molecule has 1 aromatic carbocycles. The first-order valence-electron chi connectivity index (χ1n) is 5.37. The monoisotopic (exact) mass is 435 g/mol. The maximum atomic E-state index is 4.18. The average Bonchev–Trinajstić information content (AvgIpc) is 2.70. The van der Waals surface area contributed by atoms with Crippen molar-refractivity contribution < 1.29 is 0 Å². The zero-order valence-corrected chi connectivity index (χ0v) is 14.7. The lowest BCUT2D eigenvalue weighted by atomic mass is 10.2. The third kappa shape index (κ3) is 3.16. The number of hydrogen-bond acceptors (Lipinski definition) is 2. The Hall–Kier alpha value is -0.330. The van der Waals surface area contributed by atoms with Gasteiger partial charge in [-0.1, -0.05) is 15.9 Å². The van der Waals surface area contributed by atoms with Gasteiger partial charge in [0.1, 0.15) is 0 Å². The van der Waals surface area contributed by atoms with E-state index in [-0.39, 0.29) is 6.04 Å². The highest BCUT2D eigenvalue weighted by Gasteiger charge is 2.12. The topological polar surface area (TPSA) is 29.9 Å². The van der Waals surface area contributed by atoms with E-state index in [2.05, 4.69) is 65.1 Å². The third-order valence-electron chi connectivity index (χ3n) is 2.59. The summed E-state index contributed by atoms with van der Waals surface area (Å²) in [6.45, 7) is 2.11. The Labute approximate surface area is 131 Å². The van der Waals surface area contributed by atoms with Crippen molar-refractivity contribution in [1.29, 1.82) is 0 Å². The molecule has 0 radical (unpaired) electrons. The highest BCUT2D eigenvalue weighted by molar-refractivity contribution is 9.11. The summed E-state index contributed by atoms with van der Waals surface area (Å²) in [5, 5.41) is 7.65. The van der Waals surface area contributed by atoms with Gasteiger partial charge in [0.05, 0.1) is 17.9 Å². The summed E-state index contributed by atoms with van der Waals surface area (Å²) in [6, 6.07) is 4.22. The molecule has 0 saturated heterocycles.